The van der Waals surface area contributed by atoms with Crippen molar-refractivity contribution in [3.05, 3.63) is 46.1 Å². The summed E-state index contributed by atoms with van der Waals surface area (Å²) in [5, 5.41) is 3.23. The van der Waals surface area contributed by atoms with Crippen LogP contribution in [0.25, 0.3) is 22.2 Å². The van der Waals surface area contributed by atoms with Crippen molar-refractivity contribution in [1.82, 2.24) is 9.97 Å². The molecule has 0 saturated carbocycles. The number of nitrogens with one attached hydrogen (secondary N) is 1. The lowest BCUT2D eigenvalue weighted by Gasteiger charge is -2.00. The highest BCUT2D eigenvalue weighted by Gasteiger charge is 2.08. The fraction of sp³-hybridized carbons (Fsp3) is 0. The summed E-state index contributed by atoms with van der Waals surface area (Å²) in [6.45, 7) is 0. The number of rotatable bonds is 1. The van der Waals surface area contributed by atoms with Crippen LogP contribution in [0.15, 0.2) is 40.5 Å². The van der Waals surface area contributed by atoms with Gasteiger partial charge < -0.3 is 10.7 Å². The number of para-hydroxylation sites is 1. The Bertz CT molecular complexity index is 750. The average Bonchev–Trinajstić information content (AvgIpc) is 2.75. The molecule has 0 bridgehead atoms. The van der Waals surface area contributed by atoms with Gasteiger partial charge in [-0.05, 0) is 17.5 Å². The van der Waals surface area contributed by atoms with Crippen LogP contribution in [-0.4, -0.2) is 9.97 Å². The maximum absolute atomic E-state index is 11.9. The Morgan fingerprint density at radius 1 is 1.28 bits per heavy atom. The average molecular weight is 324 g/mol. The van der Waals surface area contributed by atoms with Crippen LogP contribution in [0.4, 0.5) is 5.13 Å². The largest absolute Gasteiger partial charge is 0.375 e. The first-order chi connectivity index (χ1) is 8.24. The minimum Gasteiger partial charge on any atom is -0.375 e. The molecule has 0 aliphatic heterocycles. The van der Waals surface area contributed by atoms with E-state index in [-0.39, 0.29) is 22.5 Å². The first-order valence-corrected chi connectivity index (χ1v) is 5.95. The molecule has 18 heavy (non-hydrogen) atoms. The maximum atomic E-state index is 11.9. The van der Waals surface area contributed by atoms with Crippen LogP contribution in [-0.2, 0) is 0 Å². The van der Waals surface area contributed by atoms with Gasteiger partial charge in [-0.2, -0.15) is 0 Å². The van der Waals surface area contributed by atoms with Gasteiger partial charge in [0.25, 0.3) is 5.56 Å². The van der Waals surface area contributed by atoms with Gasteiger partial charge in [-0.3, -0.25) is 4.79 Å². The summed E-state index contributed by atoms with van der Waals surface area (Å²) in [6, 6.07) is 9.47. The Labute approximate surface area is 117 Å². The van der Waals surface area contributed by atoms with Crippen molar-refractivity contribution in [1.29, 1.82) is 0 Å². The number of thiazole rings is 1. The van der Waals surface area contributed by atoms with Gasteiger partial charge in [-0.25, -0.2) is 4.98 Å². The van der Waals surface area contributed by atoms with Gasteiger partial charge in [0.05, 0.1) is 11.3 Å². The van der Waals surface area contributed by atoms with Crippen LogP contribution in [0.2, 0.25) is 0 Å². The molecule has 2 heterocycles. The number of pyridine rings is 1. The van der Waals surface area contributed by atoms with Crippen molar-refractivity contribution in [3.8, 4) is 11.3 Å². The van der Waals surface area contributed by atoms with E-state index in [1.54, 1.807) is 5.38 Å². The third-order valence-corrected chi connectivity index (χ3v) is 3.23. The van der Waals surface area contributed by atoms with E-state index in [4.69, 9.17) is 5.73 Å². The van der Waals surface area contributed by atoms with Gasteiger partial charge in [-0.15, -0.1) is 28.3 Å². The van der Waals surface area contributed by atoms with Crippen LogP contribution in [0, 0.1) is 0 Å². The molecule has 3 aromatic rings. The number of fused-ring (bicyclic) bond motifs is 1. The van der Waals surface area contributed by atoms with E-state index in [0.29, 0.717) is 16.4 Å². The molecule has 2 aromatic heterocycles. The molecule has 0 fully saturated rings. The normalized spacial score (nSPS) is 10.2. The Kier molecular flexibility index (Phi) is 3.49. The fourth-order valence-electron chi connectivity index (χ4n) is 1.75. The van der Waals surface area contributed by atoms with Crippen molar-refractivity contribution in [2.75, 3.05) is 5.73 Å². The van der Waals surface area contributed by atoms with E-state index >= 15 is 0 Å². The van der Waals surface area contributed by atoms with Gasteiger partial charge in [0.15, 0.2) is 5.13 Å². The lowest BCUT2D eigenvalue weighted by molar-refractivity contribution is 1.28. The zero-order chi connectivity index (χ0) is 11.8. The van der Waals surface area contributed by atoms with E-state index in [0.717, 1.165) is 10.9 Å². The quantitative estimate of drug-likeness (QED) is 0.723. The summed E-state index contributed by atoms with van der Waals surface area (Å²) in [4.78, 5) is 18.9. The van der Waals surface area contributed by atoms with Crippen LogP contribution < -0.4 is 11.3 Å². The van der Waals surface area contributed by atoms with Crippen LogP contribution in [0.3, 0.4) is 0 Å². The van der Waals surface area contributed by atoms with E-state index in [1.165, 1.54) is 11.3 Å². The molecule has 6 heteroatoms. The van der Waals surface area contributed by atoms with E-state index in [9.17, 15) is 4.79 Å². The molecule has 0 aliphatic rings. The van der Waals surface area contributed by atoms with E-state index in [1.807, 2.05) is 30.3 Å². The van der Waals surface area contributed by atoms with Crippen molar-refractivity contribution in [2.45, 2.75) is 0 Å². The van der Waals surface area contributed by atoms with Crippen LogP contribution in [0.5, 0.6) is 0 Å². The van der Waals surface area contributed by atoms with Crippen molar-refractivity contribution in [2.24, 2.45) is 0 Å². The molecule has 0 spiro atoms. The number of hydrogen-bond acceptors (Lipinski definition) is 4. The molecule has 0 atom stereocenters. The first kappa shape index (κ1) is 12.8. The molecule has 0 saturated heterocycles. The topological polar surface area (TPSA) is 71.8 Å². The first-order valence-electron chi connectivity index (χ1n) is 5.07. The third-order valence-electron chi connectivity index (χ3n) is 2.55. The number of halogens is 1. The number of nitrogens with two attached hydrogens (primary N) is 1. The molecule has 0 aliphatic carbocycles. The fourth-order valence-corrected chi connectivity index (χ4v) is 2.31. The predicted octanol–water partition coefficient (Wildman–Crippen LogP) is 2.81. The number of H-pyrrole nitrogens is 1. The van der Waals surface area contributed by atoms with Crippen molar-refractivity contribution < 1.29 is 0 Å². The highest BCUT2D eigenvalue weighted by Crippen LogP contribution is 2.22. The van der Waals surface area contributed by atoms with Gasteiger partial charge in [0.1, 0.15) is 0 Å². The summed E-state index contributed by atoms with van der Waals surface area (Å²) >= 11 is 1.33. The minimum absolute atomic E-state index is 0. The summed E-state index contributed by atoms with van der Waals surface area (Å²) in [6.07, 6.45) is 0. The Morgan fingerprint density at radius 2 is 2.06 bits per heavy atom. The van der Waals surface area contributed by atoms with Crippen molar-refractivity contribution in [3.63, 3.8) is 0 Å². The molecule has 3 rings (SSSR count). The molecule has 0 amide bonds. The molecular formula is C12H10BrN3OS. The predicted molar refractivity (Wildman–Crippen MR) is 80.4 cm³/mol. The second kappa shape index (κ2) is 4.91. The smallest absolute Gasteiger partial charge is 0.257 e. The van der Waals surface area contributed by atoms with Crippen molar-refractivity contribution >= 4 is 44.4 Å². The number of hydrogen-bond donors (Lipinski definition) is 2. The monoisotopic (exact) mass is 323 g/mol. The minimum atomic E-state index is -0.144. The van der Waals surface area contributed by atoms with Crippen LogP contribution in [0.1, 0.15) is 0 Å². The second-order valence-corrected chi connectivity index (χ2v) is 4.56. The highest BCUT2D eigenvalue weighted by molar-refractivity contribution is 8.93. The maximum Gasteiger partial charge on any atom is 0.257 e. The second-order valence-electron chi connectivity index (χ2n) is 3.67. The summed E-state index contributed by atoms with van der Waals surface area (Å²) in [7, 11) is 0. The standard InChI is InChI=1S/C12H9N3OS.BrH/c13-12-15-10(6-17-12)8-5-7-3-1-2-4-9(7)14-11(8)16;/h1-6H,(H2,13,15)(H,14,16);1H. The number of aromatic nitrogens is 2. The zero-order valence-corrected chi connectivity index (χ0v) is 11.7. The molecule has 1 aromatic carbocycles. The van der Waals surface area contributed by atoms with Crippen LogP contribution >= 0.6 is 28.3 Å². The summed E-state index contributed by atoms with van der Waals surface area (Å²) < 4.78 is 0. The number of benzene rings is 1. The molecule has 92 valence electrons. The lowest BCUT2D eigenvalue weighted by Crippen LogP contribution is -2.08. The van der Waals surface area contributed by atoms with E-state index in [2.05, 4.69) is 9.97 Å². The molecule has 0 unspecified atom stereocenters. The number of aromatic amines is 1. The third kappa shape index (κ3) is 2.16. The molecule has 4 nitrogen and oxygen atoms in total. The number of anilines is 1. The molecule has 0 radical (unpaired) electrons. The summed E-state index contributed by atoms with van der Waals surface area (Å²) in [5.74, 6) is 0. The molecular weight excluding hydrogens is 314 g/mol. The zero-order valence-electron chi connectivity index (χ0n) is 9.21. The van der Waals surface area contributed by atoms with Gasteiger partial charge in [-0.1, -0.05) is 18.2 Å². The number of nitrogens with zero attached hydrogens (tertiary/aromatic N) is 1. The Hall–Kier alpha value is -1.66. The Morgan fingerprint density at radius 3 is 2.78 bits per heavy atom. The van der Waals surface area contributed by atoms with Gasteiger partial charge in [0.2, 0.25) is 0 Å². The van der Waals surface area contributed by atoms with Gasteiger partial charge >= 0.3 is 0 Å². The SMILES string of the molecule is Br.Nc1nc(-c2cc3ccccc3[nH]c2=O)cs1. The Balaban J connectivity index is 0.00000120. The van der Waals surface area contributed by atoms with E-state index < -0.39 is 0 Å². The highest BCUT2D eigenvalue weighted by atomic mass is 79.9. The summed E-state index contributed by atoms with van der Waals surface area (Å²) in [5.41, 5.74) is 7.43. The number of nitrogen functional groups attached to an aromatic ring is 1. The molecule has 3 N–H and O–H groups in total. The van der Waals surface area contributed by atoms with Gasteiger partial charge in [0, 0.05) is 10.9 Å². The lowest BCUT2D eigenvalue weighted by atomic mass is 10.1.